The first-order chi connectivity index (χ1) is 7.65. The summed E-state index contributed by atoms with van der Waals surface area (Å²) in [5.41, 5.74) is 3.39. The Labute approximate surface area is 96.4 Å². The predicted molar refractivity (Wildman–Crippen MR) is 65.5 cm³/mol. The molecule has 4 heteroatoms. The smallest absolute Gasteiger partial charge is 0.194 e. The van der Waals surface area contributed by atoms with Gasteiger partial charge in [-0.1, -0.05) is 0 Å². The van der Waals surface area contributed by atoms with Gasteiger partial charge in [-0.25, -0.2) is 0 Å². The molecule has 0 unspecified atom stereocenters. The molecule has 1 aromatic rings. The molecule has 0 radical (unpaired) electrons. The first-order valence-electron chi connectivity index (χ1n) is 5.59. The van der Waals surface area contributed by atoms with Crippen molar-refractivity contribution >= 4 is 5.96 Å². The number of nitrogens with zero attached hydrogens (tertiary/aromatic N) is 3. The second kappa shape index (κ2) is 4.51. The average molecular weight is 218 g/mol. The second-order valence-electron chi connectivity index (χ2n) is 4.24. The number of pyridine rings is 1. The van der Waals surface area contributed by atoms with Gasteiger partial charge in [-0.05, 0) is 31.5 Å². The number of hydrogen-bond donors (Lipinski definition) is 1. The lowest BCUT2D eigenvalue weighted by Crippen LogP contribution is -2.35. The number of aliphatic imine (C=N–C) groups is 1. The zero-order chi connectivity index (χ0) is 11.5. The van der Waals surface area contributed by atoms with Gasteiger partial charge in [0, 0.05) is 31.5 Å². The van der Waals surface area contributed by atoms with E-state index in [2.05, 4.69) is 39.4 Å². The van der Waals surface area contributed by atoms with E-state index in [1.165, 1.54) is 5.56 Å². The van der Waals surface area contributed by atoms with Crippen LogP contribution in [0, 0.1) is 13.8 Å². The number of likely N-dealkylation sites (N-methyl/N-ethyl adjacent to an activating group) is 1. The average Bonchev–Trinajstić information content (AvgIpc) is 2.59. The minimum atomic E-state index is 0.813. The lowest BCUT2D eigenvalue weighted by atomic mass is 10.2. The molecule has 16 heavy (non-hydrogen) atoms. The molecular formula is C12H18N4. The van der Waals surface area contributed by atoms with Crippen molar-refractivity contribution in [1.29, 1.82) is 0 Å². The number of aryl methyl sites for hydroxylation is 2. The van der Waals surface area contributed by atoms with Crippen LogP contribution < -0.4 is 5.32 Å². The minimum Gasteiger partial charge on any atom is -0.352 e. The van der Waals surface area contributed by atoms with Crippen LogP contribution in [0.3, 0.4) is 0 Å². The Hall–Kier alpha value is -1.58. The van der Waals surface area contributed by atoms with Gasteiger partial charge >= 0.3 is 0 Å². The topological polar surface area (TPSA) is 40.5 Å². The van der Waals surface area contributed by atoms with Gasteiger partial charge in [0.25, 0.3) is 0 Å². The summed E-state index contributed by atoms with van der Waals surface area (Å²) in [6, 6.07) is 4.21. The van der Waals surface area contributed by atoms with Crippen molar-refractivity contribution in [2.45, 2.75) is 20.4 Å². The Kier molecular flexibility index (Phi) is 3.08. The molecule has 86 valence electrons. The van der Waals surface area contributed by atoms with Crippen LogP contribution in [-0.4, -0.2) is 36.0 Å². The summed E-state index contributed by atoms with van der Waals surface area (Å²) >= 11 is 0. The molecule has 4 nitrogen and oxygen atoms in total. The molecule has 1 N–H and O–H groups in total. The molecule has 1 aliphatic heterocycles. The molecule has 0 saturated carbocycles. The molecule has 0 amide bonds. The Morgan fingerprint density at radius 1 is 1.31 bits per heavy atom. The quantitative estimate of drug-likeness (QED) is 0.808. The van der Waals surface area contributed by atoms with Gasteiger partial charge in [0.1, 0.15) is 0 Å². The third-order valence-corrected chi connectivity index (χ3v) is 2.65. The van der Waals surface area contributed by atoms with Crippen LogP contribution in [0.1, 0.15) is 17.0 Å². The Balaban J connectivity index is 1.99. The Morgan fingerprint density at radius 2 is 2.00 bits per heavy atom. The van der Waals surface area contributed by atoms with Crippen molar-refractivity contribution in [1.82, 2.24) is 15.2 Å². The highest BCUT2D eigenvalue weighted by molar-refractivity contribution is 5.81. The van der Waals surface area contributed by atoms with Gasteiger partial charge in [0.05, 0.1) is 6.54 Å². The number of rotatable bonds is 2. The summed E-state index contributed by atoms with van der Waals surface area (Å²) in [4.78, 5) is 10.9. The van der Waals surface area contributed by atoms with Crippen LogP contribution in [0.25, 0.3) is 0 Å². The van der Waals surface area contributed by atoms with E-state index < -0.39 is 0 Å². The fourth-order valence-electron chi connectivity index (χ4n) is 1.93. The highest BCUT2D eigenvalue weighted by Gasteiger charge is 2.11. The molecule has 2 heterocycles. The molecule has 2 rings (SSSR count). The first-order valence-corrected chi connectivity index (χ1v) is 5.59. The maximum Gasteiger partial charge on any atom is 0.194 e. The highest BCUT2D eigenvalue weighted by Crippen LogP contribution is 2.05. The Morgan fingerprint density at radius 3 is 2.56 bits per heavy atom. The monoisotopic (exact) mass is 218 g/mol. The number of guanidine groups is 1. The largest absolute Gasteiger partial charge is 0.352 e. The lowest BCUT2D eigenvalue weighted by Gasteiger charge is -2.15. The number of aromatic nitrogens is 1. The van der Waals surface area contributed by atoms with Crippen molar-refractivity contribution in [3.63, 3.8) is 0 Å². The molecular weight excluding hydrogens is 200 g/mol. The third kappa shape index (κ3) is 2.51. The standard InChI is InChI=1S/C12H18N4/c1-9-6-11(7-10(2)15-9)8-14-12-13-4-5-16(12)3/h6-7H,4-5,8H2,1-3H3,(H,13,14). The van der Waals surface area contributed by atoms with E-state index in [-0.39, 0.29) is 0 Å². The highest BCUT2D eigenvalue weighted by atomic mass is 15.3. The lowest BCUT2D eigenvalue weighted by molar-refractivity contribution is 0.534. The van der Waals surface area contributed by atoms with Crippen LogP contribution in [0.5, 0.6) is 0 Å². The van der Waals surface area contributed by atoms with Gasteiger partial charge in [0.15, 0.2) is 5.96 Å². The van der Waals surface area contributed by atoms with E-state index in [4.69, 9.17) is 0 Å². The van der Waals surface area contributed by atoms with Crippen LogP contribution >= 0.6 is 0 Å². The van der Waals surface area contributed by atoms with Gasteiger partial charge in [-0.2, -0.15) is 0 Å². The molecule has 0 aliphatic carbocycles. The van der Waals surface area contributed by atoms with E-state index in [1.54, 1.807) is 0 Å². The van der Waals surface area contributed by atoms with Crippen molar-refractivity contribution < 1.29 is 0 Å². The molecule has 0 bridgehead atoms. The van der Waals surface area contributed by atoms with Crippen molar-refractivity contribution in [3.8, 4) is 0 Å². The normalized spacial score (nSPS) is 15.2. The van der Waals surface area contributed by atoms with Crippen molar-refractivity contribution in [2.24, 2.45) is 4.99 Å². The SMILES string of the molecule is Cc1cc(CNC2=NCCN2C)cc(C)n1. The molecule has 0 saturated heterocycles. The molecule has 0 atom stereocenters. The fourth-order valence-corrected chi connectivity index (χ4v) is 1.93. The van der Waals surface area contributed by atoms with E-state index >= 15 is 0 Å². The van der Waals surface area contributed by atoms with Crippen LogP contribution in [-0.2, 0) is 6.54 Å². The van der Waals surface area contributed by atoms with E-state index in [9.17, 15) is 0 Å². The summed E-state index contributed by atoms with van der Waals surface area (Å²) in [5.74, 6) is 0.993. The van der Waals surface area contributed by atoms with Crippen molar-refractivity contribution in [3.05, 3.63) is 29.1 Å². The third-order valence-electron chi connectivity index (χ3n) is 2.65. The summed E-state index contributed by atoms with van der Waals surface area (Å²) in [6.07, 6.45) is 0. The Bertz CT molecular complexity index is 391. The molecule has 0 spiro atoms. The molecule has 0 aromatic carbocycles. The van der Waals surface area contributed by atoms with Crippen LogP contribution in [0.15, 0.2) is 17.1 Å². The van der Waals surface area contributed by atoms with E-state index in [0.717, 1.165) is 37.0 Å². The summed E-state index contributed by atoms with van der Waals surface area (Å²) in [7, 11) is 2.06. The minimum absolute atomic E-state index is 0.813. The van der Waals surface area contributed by atoms with Crippen molar-refractivity contribution in [2.75, 3.05) is 20.1 Å². The zero-order valence-electron chi connectivity index (χ0n) is 10.1. The van der Waals surface area contributed by atoms with E-state index in [0.29, 0.717) is 0 Å². The molecule has 1 aliphatic rings. The zero-order valence-corrected chi connectivity index (χ0v) is 10.1. The predicted octanol–water partition coefficient (Wildman–Crippen LogP) is 1.09. The van der Waals surface area contributed by atoms with Crippen LogP contribution in [0.2, 0.25) is 0 Å². The second-order valence-corrected chi connectivity index (χ2v) is 4.24. The van der Waals surface area contributed by atoms with Crippen LogP contribution in [0.4, 0.5) is 0 Å². The summed E-state index contributed by atoms with van der Waals surface area (Å²) in [6.45, 7) is 6.77. The maximum absolute atomic E-state index is 4.39. The molecule has 1 aromatic heterocycles. The number of nitrogens with one attached hydrogen (secondary N) is 1. The summed E-state index contributed by atoms with van der Waals surface area (Å²) in [5, 5.41) is 3.35. The van der Waals surface area contributed by atoms with Gasteiger partial charge in [-0.3, -0.25) is 9.98 Å². The van der Waals surface area contributed by atoms with Gasteiger partial charge in [0.2, 0.25) is 0 Å². The fraction of sp³-hybridized carbons (Fsp3) is 0.500. The number of hydrogen-bond acceptors (Lipinski definition) is 4. The van der Waals surface area contributed by atoms with Gasteiger partial charge in [-0.15, -0.1) is 0 Å². The maximum atomic E-state index is 4.39. The first kappa shape index (κ1) is 10.9. The summed E-state index contributed by atoms with van der Waals surface area (Å²) < 4.78 is 0. The van der Waals surface area contributed by atoms with E-state index in [1.807, 2.05) is 13.8 Å². The molecule has 0 fully saturated rings. The van der Waals surface area contributed by atoms with Gasteiger partial charge < -0.3 is 10.2 Å².